The summed E-state index contributed by atoms with van der Waals surface area (Å²) in [5, 5.41) is 0. The Hall–Kier alpha value is -0.610. The summed E-state index contributed by atoms with van der Waals surface area (Å²) in [6.45, 7) is 0.552. The van der Waals surface area contributed by atoms with Crippen molar-refractivity contribution in [1.82, 2.24) is 0 Å². The molecule has 4 nitrogen and oxygen atoms in total. The van der Waals surface area contributed by atoms with Gasteiger partial charge in [-0.25, -0.2) is 0 Å². The standard InChI is InChI=1S/C8H15NO3/c1-11-8(7(9)10)5-3-2-4-6-12-8/h2-6H2,1H3,(H2,9,10). The van der Waals surface area contributed by atoms with E-state index in [2.05, 4.69) is 0 Å². The fourth-order valence-electron chi connectivity index (χ4n) is 1.40. The van der Waals surface area contributed by atoms with Crippen molar-refractivity contribution < 1.29 is 14.3 Å². The van der Waals surface area contributed by atoms with Crippen LogP contribution in [0.4, 0.5) is 0 Å². The largest absolute Gasteiger partial charge is 0.365 e. The molecule has 0 radical (unpaired) electrons. The van der Waals surface area contributed by atoms with E-state index in [1.54, 1.807) is 0 Å². The van der Waals surface area contributed by atoms with E-state index >= 15 is 0 Å². The molecule has 0 aliphatic carbocycles. The maximum atomic E-state index is 11.0. The third-order valence-electron chi connectivity index (χ3n) is 2.19. The number of amides is 1. The average Bonchev–Trinajstić information content (AvgIpc) is 2.29. The lowest BCUT2D eigenvalue weighted by Crippen LogP contribution is -2.47. The molecule has 0 aromatic rings. The van der Waals surface area contributed by atoms with Gasteiger partial charge in [-0.1, -0.05) is 6.42 Å². The summed E-state index contributed by atoms with van der Waals surface area (Å²) >= 11 is 0. The lowest BCUT2D eigenvalue weighted by molar-refractivity contribution is -0.216. The smallest absolute Gasteiger partial charge is 0.277 e. The van der Waals surface area contributed by atoms with E-state index in [1.807, 2.05) is 0 Å². The van der Waals surface area contributed by atoms with Crippen LogP contribution in [0.1, 0.15) is 25.7 Å². The van der Waals surface area contributed by atoms with Gasteiger partial charge in [0.15, 0.2) is 0 Å². The third-order valence-corrected chi connectivity index (χ3v) is 2.19. The molecule has 4 heteroatoms. The zero-order valence-corrected chi connectivity index (χ0v) is 7.34. The van der Waals surface area contributed by atoms with E-state index in [0.717, 1.165) is 19.3 Å². The van der Waals surface area contributed by atoms with Crippen molar-refractivity contribution in [2.24, 2.45) is 5.73 Å². The van der Waals surface area contributed by atoms with Gasteiger partial charge in [0.2, 0.25) is 5.79 Å². The highest BCUT2D eigenvalue weighted by atomic mass is 16.7. The van der Waals surface area contributed by atoms with Crippen LogP contribution in [0, 0.1) is 0 Å². The normalized spacial score (nSPS) is 31.1. The van der Waals surface area contributed by atoms with E-state index < -0.39 is 11.7 Å². The molecular weight excluding hydrogens is 158 g/mol. The first kappa shape index (κ1) is 9.48. The Morgan fingerprint density at radius 1 is 1.50 bits per heavy atom. The van der Waals surface area contributed by atoms with Gasteiger partial charge >= 0.3 is 0 Å². The molecule has 1 fully saturated rings. The highest BCUT2D eigenvalue weighted by molar-refractivity contribution is 5.81. The van der Waals surface area contributed by atoms with Gasteiger partial charge < -0.3 is 15.2 Å². The monoisotopic (exact) mass is 173 g/mol. The first-order valence-electron chi connectivity index (χ1n) is 4.20. The number of carbonyl (C=O) groups is 1. The quantitative estimate of drug-likeness (QED) is 0.657. The molecule has 1 aliphatic rings. The van der Waals surface area contributed by atoms with E-state index in [9.17, 15) is 4.79 Å². The second kappa shape index (κ2) is 3.87. The molecule has 1 saturated heterocycles. The summed E-state index contributed by atoms with van der Waals surface area (Å²) in [5.41, 5.74) is 5.19. The maximum absolute atomic E-state index is 11.0. The van der Waals surface area contributed by atoms with E-state index in [4.69, 9.17) is 15.2 Å². The second-order valence-electron chi connectivity index (χ2n) is 2.98. The predicted octanol–water partition coefficient (Wildman–Crippen LogP) is 0.405. The van der Waals surface area contributed by atoms with E-state index in [0.29, 0.717) is 13.0 Å². The summed E-state index contributed by atoms with van der Waals surface area (Å²) in [6, 6.07) is 0. The first-order valence-corrected chi connectivity index (χ1v) is 4.20. The fourth-order valence-corrected chi connectivity index (χ4v) is 1.40. The van der Waals surface area contributed by atoms with Gasteiger partial charge in [-0.05, 0) is 12.8 Å². The minimum absolute atomic E-state index is 0.521. The molecule has 1 heterocycles. The van der Waals surface area contributed by atoms with Gasteiger partial charge in [-0.2, -0.15) is 0 Å². The van der Waals surface area contributed by atoms with Gasteiger partial charge in [0.25, 0.3) is 5.91 Å². The Balaban J connectivity index is 2.68. The Morgan fingerprint density at radius 3 is 2.83 bits per heavy atom. The minimum Gasteiger partial charge on any atom is -0.365 e. The Morgan fingerprint density at radius 2 is 2.25 bits per heavy atom. The Kier molecular flexibility index (Phi) is 3.05. The lowest BCUT2D eigenvalue weighted by Gasteiger charge is -2.26. The Bertz CT molecular complexity index is 162. The third kappa shape index (κ3) is 1.76. The van der Waals surface area contributed by atoms with Crippen LogP contribution in [0.15, 0.2) is 0 Å². The van der Waals surface area contributed by atoms with Crippen LogP contribution >= 0.6 is 0 Å². The molecule has 0 spiro atoms. The van der Waals surface area contributed by atoms with Crippen molar-refractivity contribution in [1.29, 1.82) is 0 Å². The van der Waals surface area contributed by atoms with E-state index in [-0.39, 0.29) is 0 Å². The van der Waals surface area contributed by atoms with Crippen molar-refractivity contribution in [3.8, 4) is 0 Å². The average molecular weight is 173 g/mol. The summed E-state index contributed by atoms with van der Waals surface area (Å²) in [6.07, 6.45) is 3.53. The summed E-state index contributed by atoms with van der Waals surface area (Å²) in [4.78, 5) is 11.0. The second-order valence-corrected chi connectivity index (χ2v) is 2.98. The molecule has 1 unspecified atom stereocenters. The number of ether oxygens (including phenoxy) is 2. The zero-order chi connectivity index (χ0) is 9.03. The predicted molar refractivity (Wildman–Crippen MR) is 43.4 cm³/mol. The molecule has 12 heavy (non-hydrogen) atoms. The van der Waals surface area contributed by atoms with Crippen molar-refractivity contribution in [2.45, 2.75) is 31.5 Å². The van der Waals surface area contributed by atoms with E-state index in [1.165, 1.54) is 7.11 Å². The summed E-state index contributed by atoms with van der Waals surface area (Å²) < 4.78 is 10.3. The molecule has 1 amide bonds. The molecule has 1 aliphatic heterocycles. The van der Waals surface area contributed by atoms with Crippen LogP contribution in [0.2, 0.25) is 0 Å². The lowest BCUT2D eigenvalue weighted by atomic mass is 10.1. The molecule has 0 saturated carbocycles. The number of hydrogen-bond acceptors (Lipinski definition) is 3. The molecule has 0 aromatic heterocycles. The highest BCUT2D eigenvalue weighted by Gasteiger charge is 2.38. The van der Waals surface area contributed by atoms with Crippen molar-refractivity contribution in [3.63, 3.8) is 0 Å². The summed E-state index contributed by atoms with van der Waals surface area (Å²) in [5.74, 6) is -1.68. The first-order chi connectivity index (χ1) is 5.71. The minimum atomic E-state index is -1.16. The number of primary amides is 1. The SMILES string of the molecule is COC1(C(N)=O)CCCCCO1. The molecule has 2 N–H and O–H groups in total. The zero-order valence-electron chi connectivity index (χ0n) is 7.34. The topological polar surface area (TPSA) is 61.5 Å². The number of nitrogens with two attached hydrogens (primary N) is 1. The fraction of sp³-hybridized carbons (Fsp3) is 0.875. The molecular formula is C8H15NO3. The van der Waals surface area contributed by atoms with Gasteiger partial charge in [0.05, 0.1) is 6.61 Å². The number of methoxy groups -OCH3 is 1. The number of rotatable bonds is 2. The molecule has 70 valence electrons. The maximum Gasteiger partial charge on any atom is 0.277 e. The van der Waals surface area contributed by atoms with Crippen molar-refractivity contribution in [3.05, 3.63) is 0 Å². The highest BCUT2D eigenvalue weighted by Crippen LogP contribution is 2.24. The van der Waals surface area contributed by atoms with Crippen molar-refractivity contribution in [2.75, 3.05) is 13.7 Å². The van der Waals surface area contributed by atoms with Gasteiger partial charge in [-0.3, -0.25) is 4.79 Å². The van der Waals surface area contributed by atoms with Crippen LogP contribution < -0.4 is 5.73 Å². The molecule has 0 aromatic carbocycles. The molecule has 1 atom stereocenters. The summed E-state index contributed by atoms with van der Waals surface area (Å²) in [7, 11) is 1.45. The Labute approximate surface area is 72.0 Å². The van der Waals surface area contributed by atoms with Gasteiger partial charge in [-0.15, -0.1) is 0 Å². The number of hydrogen-bond donors (Lipinski definition) is 1. The molecule has 0 bridgehead atoms. The van der Waals surface area contributed by atoms with Gasteiger partial charge in [0.1, 0.15) is 0 Å². The number of carbonyl (C=O) groups excluding carboxylic acids is 1. The van der Waals surface area contributed by atoms with Crippen LogP contribution in [0.3, 0.4) is 0 Å². The van der Waals surface area contributed by atoms with Crippen molar-refractivity contribution >= 4 is 5.91 Å². The van der Waals surface area contributed by atoms with Crippen LogP contribution in [0.5, 0.6) is 0 Å². The van der Waals surface area contributed by atoms with Gasteiger partial charge in [0, 0.05) is 13.5 Å². The van der Waals surface area contributed by atoms with Crippen LogP contribution in [-0.2, 0) is 14.3 Å². The van der Waals surface area contributed by atoms with Crippen LogP contribution in [0.25, 0.3) is 0 Å². The molecule has 1 rings (SSSR count). The van der Waals surface area contributed by atoms with Crippen LogP contribution in [-0.4, -0.2) is 25.4 Å².